The molecule has 2 aromatic rings. The first-order valence-corrected chi connectivity index (χ1v) is 7.23. The van der Waals surface area contributed by atoms with Crippen molar-refractivity contribution >= 4 is 0 Å². The largest absolute Gasteiger partial charge is 0.115 e. The van der Waals surface area contributed by atoms with Crippen molar-refractivity contribution < 1.29 is 0 Å². The van der Waals surface area contributed by atoms with E-state index in [1.54, 1.807) is 0 Å². The van der Waals surface area contributed by atoms with Crippen molar-refractivity contribution in [2.45, 2.75) is 19.3 Å². The molecule has 3 rings (SSSR count). The fourth-order valence-electron chi connectivity index (χ4n) is 3.07. The van der Waals surface area contributed by atoms with Gasteiger partial charge in [-0.05, 0) is 64.8 Å². The van der Waals surface area contributed by atoms with E-state index in [2.05, 4.69) is 49.4 Å². The molecular formula is C21H18. The fraction of sp³-hybridized carbons (Fsp3) is 0.143. The first-order chi connectivity index (χ1) is 10.3. The van der Waals surface area contributed by atoms with Crippen LogP contribution in [-0.4, -0.2) is 0 Å². The number of terminal acetylenes is 1. The summed E-state index contributed by atoms with van der Waals surface area (Å²) >= 11 is 0. The summed E-state index contributed by atoms with van der Waals surface area (Å²) in [7, 11) is 0. The number of benzene rings is 2. The highest BCUT2D eigenvalue weighted by Gasteiger charge is 2.20. The molecule has 102 valence electrons. The van der Waals surface area contributed by atoms with Crippen molar-refractivity contribution in [3.05, 3.63) is 83.5 Å². The molecule has 0 N–H and O–H groups in total. The summed E-state index contributed by atoms with van der Waals surface area (Å²) in [6.07, 6.45) is 12.2. The minimum Gasteiger partial charge on any atom is -0.115 e. The lowest BCUT2D eigenvalue weighted by molar-refractivity contribution is 1.21. The second-order valence-corrected chi connectivity index (χ2v) is 5.46. The Morgan fingerprint density at radius 1 is 1.00 bits per heavy atom. The van der Waals surface area contributed by atoms with Gasteiger partial charge in [0.1, 0.15) is 0 Å². The molecule has 0 radical (unpaired) electrons. The molecular weight excluding hydrogens is 252 g/mol. The Morgan fingerprint density at radius 2 is 1.76 bits per heavy atom. The molecule has 1 aliphatic carbocycles. The minimum atomic E-state index is 0.814. The first-order valence-electron chi connectivity index (χ1n) is 7.23. The molecule has 0 aliphatic heterocycles. The van der Waals surface area contributed by atoms with Crippen molar-refractivity contribution in [2.75, 3.05) is 0 Å². The summed E-state index contributed by atoms with van der Waals surface area (Å²) < 4.78 is 0. The molecule has 21 heavy (non-hydrogen) atoms. The Balaban J connectivity index is 2.14. The molecule has 0 amide bonds. The summed E-state index contributed by atoms with van der Waals surface area (Å²) in [5, 5.41) is 0. The lowest BCUT2D eigenvalue weighted by Crippen LogP contribution is -1.92. The Morgan fingerprint density at radius 3 is 2.48 bits per heavy atom. The second kappa shape index (κ2) is 5.46. The van der Waals surface area contributed by atoms with E-state index in [0.717, 1.165) is 24.8 Å². The molecule has 0 nitrogen and oxygen atoms in total. The highest BCUT2D eigenvalue weighted by Crippen LogP contribution is 2.38. The number of rotatable bonds is 4. The zero-order valence-corrected chi connectivity index (χ0v) is 12.2. The number of hydrogen-bond acceptors (Lipinski definition) is 0. The molecule has 0 unspecified atom stereocenters. The summed E-state index contributed by atoms with van der Waals surface area (Å²) in [5.74, 6) is 2.81. The summed E-state index contributed by atoms with van der Waals surface area (Å²) in [4.78, 5) is 0. The SMILES string of the molecule is C#Cc1cc2c(cc1CC=C)-c1cc(CC=C)ccc1C2. The van der Waals surface area contributed by atoms with E-state index in [9.17, 15) is 0 Å². The summed E-state index contributed by atoms with van der Waals surface area (Å²) in [6.45, 7) is 7.65. The Kier molecular flexibility index (Phi) is 3.50. The fourth-order valence-corrected chi connectivity index (χ4v) is 3.07. The van der Waals surface area contributed by atoms with Crippen molar-refractivity contribution in [2.24, 2.45) is 0 Å². The molecule has 0 saturated heterocycles. The van der Waals surface area contributed by atoms with Gasteiger partial charge in [-0.3, -0.25) is 0 Å². The van der Waals surface area contributed by atoms with Gasteiger partial charge in [0.15, 0.2) is 0 Å². The third-order valence-corrected chi connectivity index (χ3v) is 4.07. The van der Waals surface area contributed by atoms with Crippen molar-refractivity contribution in [1.82, 2.24) is 0 Å². The van der Waals surface area contributed by atoms with Crippen LogP contribution in [0.4, 0.5) is 0 Å². The average molecular weight is 270 g/mol. The highest BCUT2D eigenvalue weighted by molar-refractivity contribution is 5.79. The molecule has 2 aromatic carbocycles. The van der Waals surface area contributed by atoms with E-state index in [1.165, 1.54) is 33.4 Å². The zero-order chi connectivity index (χ0) is 14.8. The molecule has 0 bridgehead atoms. The first kappa shape index (κ1) is 13.5. The van der Waals surface area contributed by atoms with E-state index in [0.29, 0.717) is 0 Å². The zero-order valence-electron chi connectivity index (χ0n) is 12.2. The normalized spacial score (nSPS) is 11.4. The van der Waals surface area contributed by atoms with Gasteiger partial charge in [0.05, 0.1) is 0 Å². The Bertz CT molecular complexity index is 769. The maximum atomic E-state index is 5.65. The molecule has 0 aromatic heterocycles. The third-order valence-electron chi connectivity index (χ3n) is 4.07. The van der Waals surface area contributed by atoms with Crippen molar-refractivity contribution in [1.29, 1.82) is 0 Å². The third kappa shape index (κ3) is 2.32. The van der Waals surface area contributed by atoms with Crippen LogP contribution in [0.25, 0.3) is 11.1 Å². The quantitative estimate of drug-likeness (QED) is 0.476. The predicted octanol–water partition coefficient (Wildman–Crippen LogP) is 4.70. The van der Waals surface area contributed by atoms with Crippen molar-refractivity contribution in [3.63, 3.8) is 0 Å². The van der Waals surface area contributed by atoms with E-state index in [1.807, 2.05) is 12.2 Å². The van der Waals surface area contributed by atoms with Crippen LogP contribution in [-0.2, 0) is 19.3 Å². The monoisotopic (exact) mass is 270 g/mol. The van der Waals surface area contributed by atoms with Crippen LogP contribution < -0.4 is 0 Å². The van der Waals surface area contributed by atoms with Crippen molar-refractivity contribution in [3.8, 4) is 23.5 Å². The van der Waals surface area contributed by atoms with Gasteiger partial charge in [0.2, 0.25) is 0 Å². The second-order valence-electron chi connectivity index (χ2n) is 5.46. The summed E-state index contributed by atoms with van der Waals surface area (Å²) in [5.41, 5.74) is 8.88. The van der Waals surface area contributed by atoms with Gasteiger partial charge in [-0.2, -0.15) is 0 Å². The van der Waals surface area contributed by atoms with Crippen LogP contribution in [0.5, 0.6) is 0 Å². The van der Waals surface area contributed by atoms with E-state index in [4.69, 9.17) is 6.42 Å². The van der Waals surface area contributed by atoms with Gasteiger partial charge in [-0.15, -0.1) is 19.6 Å². The lowest BCUT2D eigenvalue weighted by Gasteiger charge is -2.08. The van der Waals surface area contributed by atoms with Gasteiger partial charge in [0, 0.05) is 5.56 Å². The number of hydrogen-bond donors (Lipinski definition) is 0. The maximum absolute atomic E-state index is 5.65. The van der Waals surface area contributed by atoms with E-state index >= 15 is 0 Å². The summed E-state index contributed by atoms with van der Waals surface area (Å²) in [6, 6.07) is 11.1. The van der Waals surface area contributed by atoms with Crippen LogP contribution in [0.2, 0.25) is 0 Å². The van der Waals surface area contributed by atoms with Gasteiger partial charge in [-0.1, -0.05) is 36.3 Å². The van der Waals surface area contributed by atoms with Crippen LogP contribution in [0, 0.1) is 12.3 Å². The van der Waals surface area contributed by atoms with E-state index < -0.39 is 0 Å². The number of fused-ring (bicyclic) bond motifs is 3. The highest BCUT2D eigenvalue weighted by atomic mass is 14.2. The van der Waals surface area contributed by atoms with Crippen LogP contribution in [0.1, 0.15) is 27.8 Å². The topological polar surface area (TPSA) is 0 Å². The van der Waals surface area contributed by atoms with Gasteiger partial charge < -0.3 is 0 Å². The van der Waals surface area contributed by atoms with Crippen LogP contribution in [0.15, 0.2) is 55.6 Å². The predicted molar refractivity (Wildman–Crippen MR) is 90.4 cm³/mol. The van der Waals surface area contributed by atoms with Crippen LogP contribution >= 0.6 is 0 Å². The molecule has 0 heteroatoms. The smallest absolute Gasteiger partial charge is 0.0281 e. The molecule has 0 spiro atoms. The Hall–Kier alpha value is -2.52. The molecule has 0 atom stereocenters. The number of allylic oxidation sites excluding steroid dienone is 2. The Labute approximate surface area is 126 Å². The molecule has 0 heterocycles. The molecule has 1 aliphatic rings. The van der Waals surface area contributed by atoms with Gasteiger partial charge >= 0.3 is 0 Å². The maximum Gasteiger partial charge on any atom is 0.0281 e. The standard InChI is InChI=1S/C21H18/c1-4-7-15-9-10-18-13-19-12-16(6-3)17(8-5-2)14-21(19)20(18)11-15/h3-5,9-12,14H,1-2,7-8,13H2. The molecule has 0 fully saturated rings. The lowest BCUT2D eigenvalue weighted by atomic mass is 9.96. The van der Waals surface area contributed by atoms with Gasteiger partial charge in [0.25, 0.3) is 0 Å². The minimum absolute atomic E-state index is 0.814. The van der Waals surface area contributed by atoms with Crippen LogP contribution in [0.3, 0.4) is 0 Å². The van der Waals surface area contributed by atoms with Gasteiger partial charge in [-0.25, -0.2) is 0 Å². The van der Waals surface area contributed by atoms with E-state index in [-0.39, 0.29) is 0 Å². The average Bonchev–Trinajstić information content (AvgIpc) is 2.84. The molecule has 0 saturated carbocycles.